The number of fused-ring (bicyclic) bond motifs is 1. The highest BCUT2D eigenvalue weighted by atomic mass is 32.2. The molecule has 2 aliphatic heterocycles. The van der Waals surface area contributed by atoms with Crippen molar-refractivity contribution in [3.05, 3.63) is 47.5 Å². The van der Waals surface area contributed by atoms with E-state index in [1.165, 1.54) is 16.4 Å². The number of phenolic OH excluding ortho intramolecular Hbond substituents is 2. The number of unbranched alkanes of at least 4 members (excludes halogenated alkanes) is 4. The summed E-state index contributed by atoms with van der Waals surface area (Å²) in [6.45, 7) is 1.80. The van der Waals surface area contributed by atoms with Crippen LogP contribution in [0, 0.1) is 0 Å². The number of carbonyl (C=O) groups excluding carboxylic acids is 1. The van der Waals surface area contributed by atoms with E-state index in [9.17, 15) is 28.2 Å². The van der Waals surface area contributed by atoms with E-state index in [1.54, 1.807) is 0 Å². The van der Waals surface area contributed by atoms with Crippen molar-refractivity contribution < 1.29 is 33.3 Å². The third-order valence-electron chi connectivity index (χ3n) is 7.46. The van der Waals surface area contributed by atoms with Gasteiger partial charge in [0.25, 0.3) is 0 Å². The summed E-state index contributed by atoms with van der Waals surface area (Å²) in [6, 6.07) is 9.52. The fraction of sp³-hybridized carbons (Fsp3) is 0.500. The van der Waals surface area contributed by atoms with Crippen molar-refractivity contribution >= 4 is 27.6 Å². The van der Waals surface area contributed by atoms with E-state index in [0.29, 0.717) is 25.9 Å². The number of aliphatic carboxylic acids is 1. The Bertz CT molecular complexity index is 1290. The molecule has 1 fully saturated rings. The molecule has 4 N–H and O–H groups in total. The zero-order valence-corrected chi connectivity index (χ0v) is 22.8. The molecule has 2 aliphatic rings. The van der Waals surface area contributed by atoms with Gasteiger partial charge in [0.1, 0.15) is 16.4 Å². The summed E-state index contributed by atoms with van der Waals surface area (Å²) >= 11 is 0. The Labute approximate surface area is 229 Å². The van der Waals surface area contributed by atoms with Crippen molar-refractivity contribution in [3.8, 4) is 11.5 Å². The van der Waals surface area contributed by atoms with E-state index in [4.69, 9.17) is 5.11 Å². The van der Waals surface area contributed by atoms with Gasteiger partial charge < -0.3 is 25.5 Å². The Kier molecular flexibility index (Phi) is 9.34. The SMILES string of the molecule is O=C(O)CCCCCCCC(=O)N1CCC(Nc2ccc3c(c2)CN(S(=O)(=O)c2ccc(O)cc2O)C3)CC1. The van der Waals surface area contributed by atoms with Crippen molar-refractivity contribution in [2.24, 2.45) is 0 Å². The van der Waals surface area contributed by atoms with Crippen LogP contribution in [-0.2, 0) is 32.7 Å². The Morgan fingerprint density at radius 1 is 0.872 bits per heavy atom. The molecule has 0 atom stereocenters. The predicted molar refractivity (Wildman–Crippen MR) is 146 cm³/mol. The van der Waals surface area contributed by atoms with E-state index in [-0.39, 0.29) is 42.1 Å². The molecule has 0 bridgehead atoms. The monoisotopic (exact) mass is 559 g/mol. The lowest BCUT2D eigenvalue weighted by Gasteiger charge is -2.33. The normalized spacial score (nSPS) is 16.3. The second-order valence-electron chi connectivity index (χ2n) is 10.4. The molecule has 0 aliphatic carbocycles. The molecule has 2 aromatic carbocycles. The van der Waals surface area contributed by atoms with Gasteiger partial charge in [-0.05, 0) is 61.1 Å². The molecule has 2 aromatic rings. The van der Waals surface area contributed by atoms with Crippen LogP contribution in [0.15, 0.2) is 41.3 Å². The second-order valence-corrected chi connectivity index (χ2v) is 12.3. The zero-order valence-electron chi connectivity index (χ0n) is 22.0. The smallest absolute Gasteiger partial charge is 0.303 e. The molecular weight excluding hydrogens is 522 g/mol. The summed E-state index contributed by atoms with van der Waals surface area (Å²) in [4.78, 5) is 24.8. The molecule has 39 heavy (non-hydrogen) atoms. The van der Waals surface area contributed by atoms with Crippen molar-refractivity contribution in [1.29, 1.82) is 0 Å². The van der Waals surface area contributed by atoms with E-state index >= 15 is 0 Å². The Balaban J connectivity index is 1.22. The number of amides is 1. The fourth-order valence-corrected chi connectivity index (χ4v) is 6.70. The van der Waals surface area contributed by atoms with E-state index in [0.717, 1.165) is 61.4 Å². The van der Waals surface area contributed by atoms with Crippen LogP contribution < -0.4 is 5.32 Å². The Morgan fingerprint density at radius 3 is 2.23 bits per heavy atom. The molecular formula is C28H37N3O7S. The number of carboxylic acids is 1. The number of carbonyl (C=O) groups is 2. The molecule has 1 saturated heterocycles. The Morgan fingerprint density at radius 2 is 1.54 bits per heavy atom. The van der Waals surface area contributed by atoms with Crippen molar-refractivity contribution in [1.82, 2.24) is 9.21 Å². The number of benzene rings is 2. The standard InChI is InChI=1S/C28H37N3O7S/c32-24-10-11-26(25(33)17-24)39(37,38)31-18-20-8-9-23(16-21(20)19-31)29-22-12-14-30(15-13-22)27(34)6-4-2-1-3-5-7-28(35)36/h8-11,16-17,22,29,32-33H,1-7,12-15,18-19H2,(H,35,36). The van der Waals surface area contributed by atoms with E-state index in [2.05, 4.69) is 5.32 Å². The van der Waals surface area contributed by atoms with Gasteiger partial charge in [0.2, 0.25) is 15.9 Å². The number of hydrogen-bond acceptors (Lipinski definition) is 7. The molecule has 10 nitrogen and oxygen atoms in total. The lowest BCUT2D eigenvalue weighted by molar-refractivity contribution is -0.137. The topological polar surface area (TPSA) is 147 Å². The number of anilines is 1. The first-order chi connectivity index (χ1) is 18.6. The number of hydrogen-bond donors (Lipinski definition) is 4. The fourth-order valence-electron chi connectivity index (χ4n) is 5.24. The molecule has 0 spiro atoms. The maximum Gasteiger partial charge on any atom is 0.303 e. The first-order valence-corrected chi connectivity index (χ1v) is 15.0. The first kappa shape index (κ1) is 28.7. The van der Waals surface area contributed by atoms with Gasteiger partial charge in [-0.15, -0.1) is 0 Å². The third kappa shape index (κ3) is 7.42. The largest absolute Gasteiger partial charge is 0.508 e. The summed E-state index contributed by atoms with van der Waals surface area (Å²) in [7, 11) is -3.93. The maximum atomic E-state index is 13.1. The number of nitrogens with zero attached hydrogens (tertiary/aromatic N) is 2. The highest BCUT2D eigenvalue weighted by Gasteiger charge is 2.33. The molecule has 11 heteroatoms. The highest BCUT2D eigenvalue weighted by molar-refractivity contribution is 7.89. The summed E-state index contributed by atoms with van der Waals surface area (Å²) in [6.07, 6.45) is 6.71. The van der Waals surface area contributed by atoms with Crippen molar-refractivity contribution in [2.45, 2.75) is 81.8 Å². The van der Waals surface area contributed by atoms with Gasteiger partial charge in [-0.2, -0.15) is 4.31 Å². The van der Waals surface area contributed by atoms with Crippen LogP contribution in [-0.4, -0.2) is 64.0 Å². The second kappa shape index (κ2) is 12.7. The van der Waals surface area contributed by atoms with Gasteiger partial charge in [-0.3, -0.25) is 9.59 Å². The molecule has 0 unspecified atom stereocenters. The van der Waals surface area contributed by atoms with Crippen LogP contribution in [0.3, 0.4) is 0 Å². The van der Waals surface area contributed by atoms with Crippen LogP contribution >= 0.6 is 0 Å². The molecule has 4 rings (SSSR count). The van der Waals surface area contributed by atoms with Gasteiger partial charge in [0.05, 0.1) is 0 Å². The summed E-state index contributed by atoms with van der Waals surface area (Å²) < 4.78 is 27.5. The molecule has 0 radical (unpaired) electrons. The quantitative estimate of drug-likeness (QED) is 0.285. The molecule has 2 heterocycles. The van der Waals surface area contributed by atoms with E-state index in [1.807, 2.05) is 23.1 Å². The average Bonchev–Trinajstić information content (AvgIpc) is 3.32. The minimum atomic E-state index is -3.93. The Hall–Kier alpha value is -3.31. The number of rotatable bonds is 12. The minimum Gasteiger partial charge on any atom is -0.508 e. The van der Waals surface area contributed by atoms with Crippen molar-refractivity contribution in [3.63, 3.8) is 0 Å². The van der Waals surface area contributed by atoms with Gasteiger partial charge in [-0.25, -0.2) is 8.42 Å². The first-order valence-electron chi connectivity index (χ1n) is 13.5. The van der Waals surface area contributed by atoms with Crippen LogP contribution in [0.5, 0.6) is 11.5 Å². The number of piperidine rings is 1. The molecule has 0 aromatic heterocycles. The van der Waals surface area contributed by atoms with Gasteiger partial charge in [0, 0.05) is 56.8 Å². The van der Waals surface area contributed by atoms with Crippen LogP contribution in [0.2, 0.25) is 0 Å². The summed E-state index contributed by atoms with van der Waals surface area (Å²) in [5.41, 5.74) is 2.72. The third-order valence-corrected chi connectivity index (χ3v) is 9.30. The molecule has 1 amide bonds. The number of phenols is 2. The van der Waals surface area contributed by atoms with Crippen LogP contribution in [0.1, 0.15) is 68.9 Å². The van der Waals surface area contributed by atoms with Gasteiger partial charge >= 0.3 is 5.97 Å². The zero-order chi connectivity index (χ0) is 28.0. The van der Waals surface area contributed by atoms with Crippen LogP contribution in [0.25, 0.3) is 0 Å². The van der Waals surface area contributed by atoms with Crippen molar-refractivity contribution in [2.75, 3.05) is 18.4 Å². The maximum absolute atomic E-state index is 13.1. The summed E-state index contributed by atoms with van der Waals surface area (Å²) in [5, 5.41) is 31.8. The number of nitrogens with one attached hydrogen (secondary N) is 1. The van der Waals surface area contributed by atoms with Gasteiger partial charge in [-0.1, -0.05) is 25.3 Å². The number of sulfonamides is 1. The molecule has 212 valence electrons. The predicted octanol–water partition coefficient (Wildman–Crippen LogP) is 4.02. The average molecular weight is 560 g/mol. The number of likely N-dealkylation sites (tertiary alicyclic amines) is 1. The van der Waals surface area contributed by atoms with E-state index < -0.39 is 21.7 Å². The lowest BCUT2D eigenvalue weighted by atomic mass is 10.0. The minimum absolute atomic E-state index is 0.178. The molecule has 0 saturated carbocycles. The highest BCUT2D eigenvalue weighted by Crippen LogP contribution is 2.35. The number of aromatic hydroxyl groups is 2. The number of carboxylic acid groups (broad SMARTS) is 1. The lowest BCUT2D eigenvalue weighted by Crippen LogP contribution is -2.42. The van der Waals surface area contributed by atoms with Crippen LogP contribution in [0.4, 0.5) is 5.69 Å². The van der Waals surface area contributed by atoms with Gasteiger partial charge in [0.15, 0.2) is 0 Å². The summed E-state index contributed by atoms with van der Waals surface area (Å²) in [5.74, 6) is -1.27.